The van der Waals surface area contributed by atoms with E-state index in [1.54, 1.807) is 6.26 Å². The fourth-order valence-corrected chi connectivity index (χ4v) is 2.76. The molecule has 0 fully saturated rings. The molecule has 0 aliphatic carbocycles. The lowest BCUT2D eigenvalue weighted by Gasteiger charge is -2.32. The van der Waals surface area contributed by atoms with Gasteiger partial charge in [-0.25, -0.2) is 4.98 Å². The SMILES string of the molecule is CCc1nccn1C[C@H](C)N1CCc2nocc2C1. The highest BCUT2D eigenvalue weighted by atomic mass is 16.5. The molecule has 1 aliphatic rings. The van der Waals surface area contributed by atoms with E-state index in [-0.39, 0.29) is 0 Å². The maximum atomic E-state index is 5.05. The highest BCUT2D eigenvalue weighted by molar-refractivity contribution is 5.17. The van der Waals surface area contributed by atoms with Crippen LogP contribution in [0.4, 0.5) is 0 Å². The first kappa shape index (κ1) is 12.4. The van der Waals surface area contributed by atoms with Gasteiger partial charge < -0.3 is 9.09 Å². The van der Waals surface area contributed by atoms with Gasteiger partial charge in [-0.2, -0.15) is 0 Å². The Morgan fingerprint density at radius 1 is 1.47 bits per heavy atom. The van der Waals surface area contributed by atoms with Gasteiger partial charge in [-0.15, -0.1) is 0 Å². The summed E-state index contributed by atoms with van der Waals surface area (Å²) in [6, 6.07) is 0.488. The first-order valence-corrected chi connectivity index (χ1v) is 6.94. The Hall–Kier alpha value is -1.62. The van der Waals surface area contributed by atoms with Gasteiger partial charge in [0.1, 0.15) is 12.1 Å². The molecule has 0 unspecified atom stereocenters. The second kappa shape index (κ2) is 5.17. The predicted molar refractivity (Wildman–Crippen MR) is 71.7 cm³/mol. The van der Waals surface area contributed by atoms with E-state index >= 15 is 0 Å². The predicted octanol–water partition coefficient (Wildman–Crippen LogP) is 1.88. The fraction of sp³-hybridized carbons (Fsp3) is 0.571. The number of hydrogen-bond donors (Lipinski definition) is 0. The molecular weight excluding hydrogens is 240 g/mol. The van der Waals surface area contributed by atoms with Crippen molar-refractivity contribution in [3.8, 4) is 0 Å². The molecule has 3 rings (SSSR count). The molecule has 1 aliphatic heterocycles. The second-order valence-electron chi connectivity index (χ2n) is 5.21. The van der Waals surface area contributed by atoms with Crippen molar-refractivity contribution < 1.29 is 4.52 Å². The molecular formula is C14H20N4O. The van der Waals surface area contributed by atoms with E-state index in [1.165, 1.54) is 5.56 Å². The molecule has 2 aromatic heterocycles. The number of aromatic nitrogens is 3. The van der Waals surface area contributed by atoms with Crippen molar-refractivity contribution in [3.05, 3.63) is 35.7 Å². The van der Waals surface area contributed by atoms with Gasteiger partial charge >= 0.3 is 0 Å². The van der Waals surface area contributed by atoms with Crippen LogP contribution in [0.3, 0.4) is 0 Å². The van der Waals surface area contributed by atoms with E-state index in [0.29, 0.717) is 6.04 Å². The number of rotatable bonds is 4. The van der Waals surface area contributed by atoms with Crippen LogP contribution in [0.2, 0.25) is 0 Å². The zero-order chi connectivity index (χ0) is 13.2. The molecule has 5 nitrogen and oxygen atoms in total. The summed E-state index contributed by atoms with van der Waals surface area (Å²) < 4.78 is 7.30. The van der Waals surface area contributed by atoms with Crippen molar-refractivity contribution in [1.29, 1.82) is 0 Å². The molecule has 102 valence electrons. The number of fused-ring (bicyclic) bond motifs is 1. The summed E-state index contributed by atoms with van der Waals surface area (Å²) in [5.41, 5.74) is 2.36. The molecule has 0 saturated carbocycles. The number of hydrogen-bond acceptors (Lipinski definition) is 4. The summed E-state index contributed by atoms with van der Waals surface area (Å²) in [5.74, 6) is 1.16. The van der Waals surface area contributed by atoms with Crippen LogP contribution in [0.15, 0.2) is 23.2 Å². The van der Waals surface area contributed by atoms with E-state index in [9.17, 15) is 0 Å². The van der Waals surface area contributed by atoms with Gasteiger partial charge in [0, 0.05) is 56.5 Å². The Labute approximate surface area is 113 Å². The van der Waals surface area contributed by atoms with Crippen molar-refractivity contribution in [1.82, 2.24) is 19.6 Å². The maximum absolute atomic E-state index is 5.05. The summed E-state index contributed by atoms with van der Waals surface area (Å²) in [6.07, 6.45) is 7.71. The van der Waals surface area contributed by atoms with Crippen LogP contribution in [0.5, 0.6) is 0 Å². The van der Waals surface area contributed by atoms with E-state index in [2.05, 4.69) is 39.7 Å². The fourth-order valence-electron chi connectivity index (χ4n) is 2.76. The minimum atomic E-state index is 0.488. The van der Waals surface area contributed by atoms with Crippen LogP contribution in [-0.4, -0.2) is 32.2 Å². The molecule has 0 spiro atoms. The summed E-state index contributed by atoms with van der Waals surface area (Å²) in [7, 11) is 0. The topological polar surface area (TPSA) is 47.1 Å². The maximum Gasteiger partial charge on any atom is 0.128 e. The highest BCUT2D eigenvalue weighted by Gasteiger charge is 2.23. The highest BCUT2D eigenvalue weighted by Crippen LogP contribution is 2.20. The van der Waals surface area contributed by atoms with Crippen LogP contribution < -0.4 is 0 Å². The Kier molecular flexibility index (Phi) is 3.38. The molecule has 0 aromatic carbocycles. The molecule has 1 atom stereocenters. The van der Waals surface area contributed by atoms with Crippen molar-refractivity contribution in [2.45, 2.75) is 45.8 Å². The zero-order valence-electron chi connectivity index (χ0n) is 11.5. The van der Waals surface area contributed by atoms with Crippen molar-refractivity contribution in [2.24, 2.45) is 0 Å². The lowest BCUT2D eigenvalue weighted by atomic mass is 10.1. The summed E-state index contributed by atoms with van der Waals surface area (Å²) in [4.78, 5) is 6.87. The molecule has 0 amide bonds. The van der Waals surface area contributed by atoms with Crippen molar-refractivity contribution >= 4 is 0 Å². The Morgan fingerprint density at radius 2 is 2.37 bits per heavy atom. The molecule has 3 heterocycles. The minimum absolute atomic E-state index is 0.488. The smallest absolute Gasteiger partial charge is 0.128 e. The largest absolute Gasteiger partial charge is 0.364 e. The first-order valence-electron chi connectivity index (χ1n) is 6.94. The van der Waals surface area contributed by atoms with E-state index < -0.39 is 0 Å². The summed E-state index contributed by atoms with van der Waals surface area (Å²) in [6.45, 7) is 7.41. The Morgan fingerprint density at radius 3 is 3.21 bits per heavy atom. The van der Waals surface area contributed by atoms with Gasteiger partial charge in [-0.3, -0.25) is 4.90 Å². The van der Waals surface area contributed by atoms with Gasteiger partial charge in [0.25, 0.3) is 0 Å². The van der Waals surface area contributed by atoms with Gasteiger partial charge in [-0.05, 0) is 6.92 Å². The molecule has 2 aromatic rings. The third kappa shape index (κ3) is 2.42. The quantitative estimate of drug-likeness (QED) is 0.842. The zero-order valence-corrected chi connectivity index (χ0v) is 11.5. The van der Waals surface area contributed by atoms with Crippen LogP contribution in [0.1, 0.15) is 30.9 Å². The summed E-state index contributed by atoms with van der Waals surface area (Å²) >= 11 is 0. The van der Waals surface area contributed by atoms with Crippen molar-refractivity contribution in [2.75, 3.05) is 6.54 Å². The molecule has 0 bridgehead atoms. The van der Waals surface area contributed by atoms with Gasteiger partial charge in [0.15, 0.2) is 0 Å². The number of imidazole rings is 1. The van der Waals surface area contributed by atoms with Gasteiger partial charge in [0.05, 0.1) is 5.69 Å². The third-order valence-electron chi connectivity index (χ3n) is 3.94. The lowest BCUT2D eigenvalue weighted by molar-refractivity contribution is 0.173. The first-order chi connectivity index (χ1) is 9.28. The molecule has 0 N–H and O–H groups in total. The van der Waals surface area contributed by atoms with Gasteiger partial charge in [0.2, 0.25) is 0 Å². The normalized spacial score (nSPS) is 17.4. The lowest BCUT2D eigenvalue weighted by Crippen LogP contribution is -2.39. The average molecular weight is 260 g/mol. The summed E-state index contributed by atoms with van der Waals surface area (Å²) in [5, 5.41) is 4.04. The van der Waals surface area contributed by atoms with Crippen LogP contribution >= 0.6 is 0 Å². The Bertz CT molecular complexity index is 545. The number of nitrogens with zero attached hydrogens (tertiary/aromatic N) is 4. The Balaban J connectivity index is 1.67. The van der Waals surface area contributed by atoms with Crippen molar-refractivity contribution in [3.63, 3.8) is 0 Å². The number of aryl methyl sites for hydroxylation is 1. The second-order valence-corrected chi connectivity index (χ2v) is 5.21. The molecule has 19 heavy (non-hydrogen) atoms. The third-order valence-corrected chi connectivity index (χ3v) is 3.94. The standard InChI is InChI=1S/C14H20N4O/c1-3-14-15-5-7-18(14)8-11(2)17-6-4-13-12(9-17)10-19-16-13/h5,7,10-11H,3-4,6,8-9H2,1-2H3/t11-/m0/s1. The molecule has 5 heteroatoms. The van der Waals surface area contributed by atoms with Gasteiger partial charge in [-0.1, -0.05) is 12.1 Å². The average Bonchev–Trinajstić information content (AvgIpc) is 3.05. The van der Waals surface area contributed by atoms with E-state index in [4.69, 9.17) is 4.52 Å². The van der Waals surface area contributed by atoms with Crippen LogP contribution in [0.25, 0.3) is 0 Å². The molecule has 0 radical (unpaired) electrons. The monoisotopic (exact) mass is 260 g/mol. The molecule has 0 saturated heterocycles. The minimum Gasteiger partial charge on any atom is -0.364 e. The van der Waals surface area contributed by atoms with Crippen LogP contribution in [0, 0.1) is 0 Å². The van der Waals surface area contributed by atoms with E-state index in [1.807, 2.05) is 6.20 Å². The van der Waals surface area contributed by atoms with E-state index in [0.717, 1.165) is 44.0 Å². The van der Waals surface area contributed by atoms with Crippen LogP contribution in [-0.2, 0) is 25.9 Å².